The van der Waals surface area contributed by atoms with Crippen LogP contribution in [0, 0.1) is 11.8 Å². The number of aromatic nitrogens is 2. The molecule has 1 aliphatic carbocycles. The van der Waals surface area contributed by atoms with E-state index in [0.717, 1.165) is 70.5 Å². The van der Waals surface area contributed by atoms with Crippen molar-refractivity contribution in [3.8, 4) is 0 Å². The Morgan fingerprint density at radius 1 is 1.11 bits per heavy atom. The Morgan fingerprint density at radius 2 is 1.86 bits per heavy atom. The molecule has 0 radical (unpaired) electrons. The Bertz CT molecular complexity index is 1020. The summed E-state index contributed by atoms with van der Waals surface area (Å²) in [6, 6.07) is 10.5. The molecule has 7 heteroatoms. The third-order valence-corrected chi connectivity index (χ3v) is 9.31. The van der Waals surface area contributed by atoms with Crippen molar-refractivity contribution in [2.24, 2.45) is 11.8 Å². The molecule has 1 N–H and O–H groups in total. The number of benzene rings is 1. The van der Waals surface area contributed by atoms with E-state index in [-0.39, 0.29) is 17.6 Å². The molecule has 2 aromatic rings. The van der Waals surface area contributed by atoms with Crippen LogP contribution in [0.5, 0.6) is 0 Å². The Kier molecular flexibility index (Phi) is 8.10. The summed E-state index contributed by atoms with van der Waals surface area (Å²) in [4.78, 5) is 29.2. The van der Waals surface area contributed by atoms with Crippen LogP contribution < -0.4 is 4.90 Å². The largest absolute Gasteiger partial charge is 0.480 e. The number of likely N-dealkylation sites (tertiary alicyclic amines) is 2. The van der Waals surface area contributed by atoms with Gasteiger partial charge in [0.05, 0.1) is 17.9 Å². The van der Waals surface area contributed by atoms with Gasteiger partial charge in [-0.2, -0.15) is 0 Å². The van der Waals surface area contributed by atoms with Crippen molar-refractivity contribution in [3.05, 3.63) is 54.5 Å². The molecule has 1 saturated carbocycles. The molecule has 7 nitrogen and oxygen atoms in total. The number of nitrogens with zero attached hydrogens (tertiary/aromatic N) is 5. The van der Waals surface area contributed by atoms with E-state index in [2.05, 4.69) is 68.8 Å². The first kappa shape index (κ1) is 26.1. The first-order valence-electron chi connectivity index (χ1n) is 14.4. The fraction of sp³-hybridized carbons (Fsp3) is 0.633. The van der Waals surface area contributed by atoms with Crippen LogP contribution in [0.1, 0.15) is 70.8 Å². The van der Waals surface area contributed by atoms with E-state index in [1.54, 1.807) is 12.4 Å². The summed E-state index contributed by atoms with van der Waals surface area (Å²) in [5, 5.41) is 10.5. The molecule has 2 aliphatic heterocycles. The van der Waals surface area contributed by atoms with E-state index in [1.165, 1.54) is 18.4 Å². The van der Waals surface area contributed by atoms with E-state index in [9.17, 15) is 9.90 Å². The maximum atomic E-state index is 12.7. The zero-order valence-electron chi connectivity index (χ0n) is 22.5. The second-order valence-corrected chi connectivity index (χ2v) is 11.3. The molecule has 1 aromatic heterocycles. The molecule has 3 heterocycles. The highest BCUT2D eigenvalue weighted by Crippen LogP contribution is 2.47. The molecule has 3 fully saturated rings. The number of piperidine rings is 1. The van der Waals surface area contributed by atoms with Gasteiger partial charge in [-0.3, -0.25) is 19.6 Å². The van der Waals surface area contributed by atoms with Crippen LogP contribution >= 0.6 is 0 Å². The van der Waals surface area contributed by atoms with Crippen molar-refractivity contribution in [2.45, 2.75) is 83.0 Å². The topological polar surface area (TPSA) is 72.8 Å². The molecule has 1 unspecified atom stereocenters. The van der Waals surface area contributed by atoms with Gasteiger partial charge in [-0.15, -0.1) is 0 Å². The minimum absolute atomic E-state index is 0.191. The van der Waals surface area contributed by atoms with Gasteiger partial charge in [0.2, 0.25) is 0 Å². The molecule has 0 spiro atoms. The molecule has 37 heavy (non-hydrogen) atoms. The van der Waals surface area contributed by atoms with E-state index in [1.807, 2.05) is 6.20 Å². The summed E-state index contributed by atoms with van der Waals surface area (Å²) in [7, 11) is 0. The van der Waals surface area contributed by atoms with Crippen LogP contribution in [-0.2, 0) is 10.3 Å². The average Bonchev–Trinajstić information content (AvgIpc) is 3.28. The fourth-order valence-corrected chi connectivity index (χ4v) is 7.66. The molecule has 5 rings (SSSR count). The van der Waals surface area contributed by atoms with Crippen LogP contribution in [0.25, 0.3) is 0 Å². The maximum absolute atomic E-state index is 12.7. The normalized spacial score (nSPS) is 28.7. The summed E-state index contributed by atoms with van der Waals surface area (Å²) < 4.78 is 0. The number of aliphatic carboxylic acids is 1. The van der Waals surface area contributed by atoms with Crippen LogP contribution in [0.4, 0.5) is 5.82 Å². The molecule has 0 bridgehead atoms. The van der Waals surface area contributed by atoms with Gasteiger partial charge in [0, 0.05) is 38.6 Å². The van der Waals surface area contributed by atoms with Gasteiger partial charge in [-0.25, -0.2) is 4.98 Å². The average molecular weight is 506 g/mol. The Labute approximate surface area is 221 Å². The van der Waals surface area contributed by atoms with Crippen LogP contribution in [0.3, 0.4) is 0 Å². The van der Waals surface area contributed by atoms with Crippen molar-refractivity contribution < 1.29 is 9.90 Å². The number of hydrogen-bond acceptors (Lipinski definition) is 6. The molecule has 0 amide bonds. The zero-order chi connectivity index (χ0) is 25.8. The summed E-state index contributed by atoms with van der Waals surface area (Å²) in [5.74, 6) is 0.807. The monoisotopic (exact) mass is 505 g/mol. The number of carboxylic acids is 1. The highest BCUT2D eigenvalue weighted by Gasteiger charge is 2.55. The van der Waals surface area contributed by atoms with E-state index in [4.69, 9.17) is 0 Å². The minimum atomic E-state index is -0.645. The molecule has 2 saturated heterocycles. The molecular weight excluding hydrogens is 462 g/mol. The van der Waals surface area contributed by atoms with Gasteiger partial charge in [0.15, 0.2) is 0 Å². The van der Waals surface area contributed by atoms with E-state index >= 15 is 0 Å². The number of anilines is 1. The Balaban J connectivity index is 1.55. The standard InChI is InChI=1S/C30H43N5O2/c1-3-34(26-20-31-17-18-32-26)27-16-10-11-19-35(27)30(25-14-8-5-9-15-25)22-33(21-23(30)2)28(29(36)37)24-12-6-4-7-13-24/h5,8-9,14-15,17-18,20,23-24,27-28H,3-4,6-7,10-13,16,19,21-22H2,1-2H3,(H,36,37)/t23-,27?,28+,30-/m0/s1. The second-order valence-electron chi connectivity index (χ2n) is 11.3. The fourth-order valence-electron chi connectivity index (χ4n) is 7.66. The highest BCUT2D eigenvalue weighted by molar-refractivity contribution is 5.74. The van der Waals surface area contributed by atoms with Gasteiger partial charge >= 0.3 is 5.97 Å². The van der Waals surface area contributed by atoms with Crippen LogP contribution in [0.2, 0.25) is 0 Å². The third kappa shape index (κ3) is 5.00. The summed E-state index contributed by atoms with van der Waals surface area (Å²) >= 11 is 0. The van der Waals surface area contributed by atoms with Crippen LogP contribution in [-0.4, -0.2) is 69.2 Å². The van der Waals surface area contributed by atoms with Crippen molar-refractivity contribution in [1.29, 1.82) is 0 Å². The molecule has 200 valence electrons. The third-order valence-electron chi connectivity index (χ3n) is 9.31. The van der Waals surface area contributed by atoms with E-state index in [0.29, 0.717) is 5.92 Å². The van der Waals surface area contributed by atoms with Gasteiger partial charge in [0.25, 0.3) is 0 Å². The van der Waals surface area contributed by atoms with Crippen LogP contribution in [0.15, 0.2) is 48.9 Å². The lowest BCUT2D eigenvalue weighted by atomic mass is 9.78. The van der Waals surface area contributed by atoms with Gasteiger partial charge in [-0.1, -0.05) is 56.5 Å². The maximum Gasteiger partial charge on any atom is 0.321 e. The van der Waals surface area contributed by atoms with E-state index < -0.39 is 12.0 Å². The van der Waals surface area contributed by atoms with Gasteiger partial charge < -0.3 is 10.0 Å². The van der Waals surface area contributed by atoms with Crippen molar-refractivity contribution in [2.75, 3.05) is 31.1 Å². The lowest BCUT2D eigenvalue weighted by molar-refractivity contribution is -0.146. The Hall–Kier alpha value is -2.51. The van der Waals surface area contributed by atoms with Gasteiger partial charge in [0.1, 0.15) is 11.9 Å². The number of hydrogen-bond donors (Lipinski definition) is 1. The first-order valence-corrected chi connectivity index (χ1v) is 14.4. The predicted molar refractivity (Wildman–Crippen MR) is 146 cm³/mol. The summed E-state index contributed by atoms with van der Waals surface area (Å²) in [6.07, 6.45) is 14.6. The SMILES string of the molecule is CCN(c1cnccn1)C1CCCCN1[C@@]1(c2ccccc2)CN([C@@H](C(=O)O)C2CCCCC2)C[C@@H]1C. The number of rotatable bonds is 8. The molecule has 3 aliphatic rings. The van der Waals surface area contributed by atoms with Crippen molar-refractivity contribution in [3.63, 3.8) is 0 Å². The lowest BCUT2D eigenvalue weighted by Gasteiger charge is -2.53. The summed E-state index contributed by atoms with van der Waals surface area (Å²) in [5.41, 5.74) is 1.05. The minimum Gasteiger partial charge on any atom is -0.480 e. The van der Waals surface area contributed by atoms with Gasteiger partial charge in [-0.05, 0) is 56.4 Å². The number of carbonyl (C=O) groups is 1. The lowest BCUT2D eigenvalue weighted by Crippen LogP contribution is -2.63. The molecular formula is C30H43N5O2. The zero-order valence-corrected chi connectivity index (χ0v) is 22.5. The number of carboxylic acid groups (broad SMARTS) is 1. The molecule has 4 atom stereocenters. The predicted octanol–water partition coefficient (Wildman–Crippen LogP) is 5.00. The highest BCUT2D eigenvalue weighted by atomic mass is 16.4. The molecule has 1 aromatic carbocycles. The smallest absolute Gasteiger partial charge is 0.321 e. The Morgan fingerprint density at radius 3 is 2.54 bits per heavy atom. The van der Waals surface area contributed by atoms with Crippen molar-refractivity contribution >= 4 is 11.8 Å². The summed E-state index contributed by atoms with van der Waals surface area (Å²) in [6.45, 7) is 7.95. The van der Waals surface area contributed by atoms with Crippen molar-refractivity contribution in [1.82, 2.24) is 19.8 Å². The second kappa shape index (κ2) is 11.5. The first-order chi connectivity index (χ1) is 18.1. The quantitative estimate of drug-likeness (QED) is 0.541.